The minimum atomic E-state index is -1.40. The molecule has 0 aromatic heterocycles. The van der Waals surface area contributed by atoms with Crippen LogP contribution < -0.4 is 4.74 Å². The lowest BCUT2D eigenvalue weighted by atomic mass is 9.85. The Bertz CT molecular complexity index is 683. The Balaban J connectivity index is 2.32. The fourth-order valence-corrected chi connectivity index (χ4v) is 2.46. The number of halogens is 2. The first-order valence-corrected chi connectivity index (χ1v) is 5.76. The highest BCUT2D eigenvalue weighted by Crippen LogP contribution is 2.43. The van der Waals surface area contributed by atoms with Gasteiger partial charge in [0, 0.05) is 11.1 Å². The van der Waals surface area contributed by atoms with Crippen LogP contribution in [0.25, 0.3) is 0 Å². The highest BCUT2D eigenvalue weighted by molar-refractivity contribution is 6.25. The smallest absolute Gasteiger partial charge is 0.339 e. The number of hydrogen-bond donors (Lipinski definition) is 1. The molecule has 0 amide bonds. The van der Waals surface area contributed by atoms with Gasteiger partial charge in [-0.1, -0.05) is 0 Å². The van der Waals surface area contributed by atoms with Gasteiger partial charge in [0.1, 0.15) is 12.3 Å². The molecule has 5 nitrogen and oxygen atoms in total. The third-order valence-electron chi connectivity index (χ3n) is 3.44. The maximum absolute atomic E-state index is 13.7. The third kappa shape index (κ3) is 1.56. The quantitative estimate of drug-likeness (QED) is 0.790. The van der Waals surface area contributed by atoms with E-state index in [1.165, 1.54) is 6.08 Å². The van der Waals surface area contributed by atoms with Crippen LogP contribution in [0, 0.1) is 11.6 Å². The van der Waals surface area contributed by atoms with Crippen molar-refractivity contribution in [3.05, 3.63) is 40.5 Å². The van der Waals surface area contributed by atoms with E-state index in [-0.39, 0.29) is 23.6 Å². The number of benzene rings is 1. The number of hydrogen-bond acceptors (Lipinski definition) is 4. The lowest BCUT2D eigenvalue weighted by molar-refractivity contribution is -0.132. The number of rotatable bonds is 1. The number of carbonyl (C=O) groups is 2. The van der Waals surface area contributed by atoms with Gasteiger partial charge in [-0.25, -0.2) is 9.18 Å². The lowest BCUT2D eigenvalue weighted by Crippen LogP contribution is -2.37. The average Bonchev–Trinajstić information content (AvgIpc) is 2.39. The molecular formula is C13H9F2NO4. The summed E-state index contributed by atoms with van der Waals surface area (Å²) in [6, 6.07) is 0.0924. The van der Waals surface area contributed by atoms with Gasteiger partial charge in [-0.05, 0) is 19.2 Å². The fraction of sp³-hybridized carbons (Fsp3) is 0.231. The van der Waals surface area contributed by atoms with E-state index in [2.05, 4.69) is 0 Å². The molecule has 1 aliphatic carbocycles. The number of ether oxygens (including phenoxy) is 1. The number of nitrogens with zero attached hydrogens (tertiary/aromatic N) is 1. The van der Waals surface area contributed by atoms with Crippen molar-refractivity contribution >= 4 is 11.8 Å². The van der Waals surface area contributed by atoms with Gasteiger partial charge in [0.05, 0.1) is 6.04 Å². The summed E-state index contributed by atoms with van der Waals surface area (Å²) in [5.41, 5.74) is -0.448. The van der Waals surface area contributed by atoms with Gasteiger partial charge in [-0.15, -0.1) is 0 Å². The molecule has 1 N–H and O–H groups in total. The summed E-state index contributed by atoms with van der Waals surface area (Å²) in [5.74, 6) is -4.96. The Kier molecular flexibility index (Phi) is 2.62. The molecule has 1 aliphatic heterocycles. The first kappa shape index (κ1) is 12.7. The van der Waals surface area contributed by atoms with E-state index in [1.54, 1.807) is 11.9 Å². The SMILES string of the molecule is CN1COc2c(F)c(F)cc3c2C1C=C(C(=O)O)C3=O. The fourth-order valence-electron chi connectivity index (χ4n) is 2.46. The zero-order valence-corrected chi connectivity index (χ0v) is 10.3. The van der Waals surface area contributed by atoms with Crippen LogP contribution in [0.2, 0.25) is 0 Å². The van der Waals surface area contributed by atoms with Crippen LogP contribution in [-0.4, -0.2) is 35.5 Å². The Hall–Kier alpha value is -2.28. The lowest BCUT2D eigenvalue weighted by Gasteiger charge is -2.36. The number of ketones is 1. The van der Waals surface area contributed by atoms with Gasteiger partial charge in [0.2, 0.25) is 11.6 Å². The maximum Gasteiger partial charge on any atom is 0.339 e. The molecule has 3 rings (SSSR count). The highest BCUT2D eigenvalue weighted by Gasteiger charge is 2.39. The van der Waals surface area contributed by atoms with E-state index in [1.807, 2.05) is 0 Å². The number of carbonyl (C=O) groups excluding carboxylic acids is 1. The van der Waals surface area contributed by atoms with E-state index < -0.39 is 35.0 Å². The molecule has 20 heavy (non-hydrogen) atoms. The van der Waals surface area contributed by atoms with Crippen molar-refractivity contribution in [2.45, 2.75) is 6.04 Å². The molecule has 1 heterocycles. The summed E-state index contributed by atoms with van der Waals surface area (Å²) in [6.07, 6.45) is 1.23. The Morgan fingerprint density at radius 1 is 1.50 bits per heavy atom. The summed E-state index contributed by atoms with van der Waals surface area (Å²) in [6.45, 7) is -0.0327. The molecule has 0 saturated heterocycles. The zero-order valence-electron chi connectivity index (χ0n) is 10.3. The highest BCUT2D eigenvalue weighted by atomic mass is 19.2. The molecule has 0 bridgehead atoms. The standard InChI is InChI=1S/C13H9F2NO4/c1-16-4-20-12-9-5(2-7(14)10(12)15)11(17)6(13(18)19)3-8(9)16/h2-3,8H,4H2,1H3,(H,18,19). The average molecular weight is 281 g/mol. The second kappa shape index (κ2) is 4.11. The van der Waals surface area contributed by atoms with Crippen LogP contribution in [0.4, 0.5) is 8.78 Å². The Morgan fingerprint density at radius 3 is 2.85 bits per heavy atom. The van der Waals surface area contributed by atoms with Gasteiger partial charge in [-0.2, -0.15) is 4.39 Å². The topological polar surface area (TPSA) is 66.8 Å². The number of carboxylic acid groups (broad SMARTS) is 1. The predicted molar refractivity (Wildman–Crippen MR) is 62.4 cm³/mol. The van der Waals surface area contributed by atoms with Crippen molar-refractivity contribution in [2.75, 3.05) is 13.8 Å². The minimum absolute atomic E-state index is 0.0327. The monoisotopic (exact) mass is 281 g/mol. The van der Waals surface area contributed by atoms with E-state index in [0.29, 0.717) is 0 Å². The number of carboxylic acids is 1. The molecule has 1 unspecified atom stereocenters. The van der Waals surface area contributed by atoms with E-state index in [0.717, 1.165) is 6.07 Å². The molecule has 0 fully saturated rings. The molecular weight excluding hydrogens is 272 g/mol. The van der Waals surface area contributed by atoms with Gasteiger partial charge in [0.15, 0.2) is 11.6 Å². The molecule has 1 atom stereocenters. The molecule has 2 aliphatic rings. The van der Waals surface area contributed by atoms with E-state index in [9.17, 15) is 18.4 Å². The van der Waals surface area contributed by atoms with Crippen LogP contribution in [0.15, 0.2) is 17.7 Å². The zero-order chi connectivity index (χ0) is 14.6. The Labute approximate surface area is 112 Å². The third-order valence-corrected chi connectivity index (χ3v) is 3.44. The Morgan fingerprint density at radius 2 is 2.20 bits per heavy atom. The van der Waals surface area contributed by atoms with Gasteiger partial charge < -0.3 is 9.84 Å². The summed E-state index contributed by atoms with van der Waals surface area (Å²) >= 11 is 0. The summed E-state index contributed by atoms with van der Waals surface area (Å²) in [4.78, 5) is 24.7. The molecule has 1 aromatic rings. The largest absolute Gasteiger partial charge is 0.478 e. The predicted octanol–water partition coefficient (Wildman–Crippen LogP) is 1.49. The maximum atomic E-state index is 13.7. The molecule has 1 aromatic carbocycles. The van der Waals surface area contributed by atoms with Gasteiger partial charge in [0.25, 0.3) is 0 Å². The number of aliphatic carboxylic acids is 1. The molecule has 104 valence electrons. The van der Waals surface area contributed by atoms with Crippen molar-refractivity contribution in [1.29, 1.82) is 0 Å². The number of likely N-dealkylation sites (N-methyl/N-ethyl adjacent to an activating group) is 1. The van der Waals surface area contributed by atoms with Gasteiger partial charge in [-0.3, -0.25) is 9.69 Å². The minimum Gasteiger partial charge on any atom is -0.478 e. The normalized spacial score (nSPS) is 21.1. The summed E-state index contributed by atoms with van der Waals surface area (Å²) in [7, 11) is 1.63. The van der Waals surface area contributed by atoms with Crippen LogP contribution in [0.1, 0.15) is 22.0 Å². The van der Waals surface area contributed by atoms with E-state index >= 15 is 0 Å². The van der Waals surface area contributed by atoms with Crippen molar-refractivity contribution in [3.63, 3.8) is 0 Å². The van der Waals surface area contributed by atoms with Crippen LogP contribution in [-0.2, 0) is 4.79 Å². The molecule has 7 heteroatoms. The molecule has 0 saturated carbocycles. The number of Topliss-reactive ketones (excluding diaryl/α,β-unsaturated/α-hetero) is 1. The summed E-state index contributed by atoms with van der Waals surface area (Å²) in [5, 5.41) is 9.04. The first-order chi connectivity index (χ1) is 9.41. The molecule has 0 radical (unpaired) electrons. The van der Waals surface area contributed by atoms with Crippen LogP contribution in [0.3, 0.4) is 0 Å². The molecule has 0 spiro atoms. The van der Waals surface area contributed by atoms with Crippen LogP contribution in [0.5, 0.6) is 5.75 Å². The van der Waals surface area contributed by atoms with Gasteiger partial charge >= 0.3 is 5.97 Å². The van der Waals surface area contributed by atoms with E-state index in [4.69, 9.17) is 9.84 Å². The van der Waals surface area contributed by atoms with Crippen molar-refractivity contribution in [3.8, 4) is 5.75 Å². The first-order valence-electron chi connectivity index (χ1n) is 5.76. The van der Waals surface area contributed by atoms with Crippen LogP contribution >= 0.6 is 0 Å². The summed E-state index contributed by atoms with van der Waals surface area (Å²) < 4.78 is 32.4. The van der Waals surface area contributed by atoms with Crippen molar-refractivity contribution in [2.24, 2.45) is 0 Å². The van der Waals surface area contributed by atoms with Crippen molar-refractivity contribution in [1.82, 2.24) is 4.90 Å². The second-order valence-electron chi connectivity index (χ2n) is 4.65. The van der Waals surface area contributed by atoms with Crippen molar-refractivity contribution < 1.29 is 28.2 Å². The second-order valence-corrected chi connectivity index (χ2v) is 4.65.